The number of methoxy groups -OCH3 is 1. The van der Waals surface area contributed by atoms with Crippen molar-refractivity contribution >= 4 is 46.2 Å². The van der Waals surface area contributed by atoms with Crippen LogP contribution in [0.2, 0.25) is 0 Å². The fourth-order valence-electron chi connectivity index (χ4n) is 2.70. The zero-order valence-corrected chi connectivity index (χ0v) is 17.5. The SMILES string of the molecule is COC(=O)c1cc(I)ccc1NC(=O)[C@H]1CCCN1C(=O)OC(C)(C)C. The summed E-state index contributed by atoms with van der Waals surface area (Å²) in [6, 6.07) is 4.44. The minimum Gasteiger partial charge on any atom is -0.465 e. The second-order valence-corrected chi connectivity index (χ2v) is 8.25. The lowest BCUT2D eigenvalue weighted by molar-refractivity contribution is -0.120. The molecule has 1 fully saturated rings. The Labute approximate surface area is 166 Å². The number of hydrogen-bond donors (Lipinski definition) is 1. The van der Waals surface area contributed by atoms with E-state index in [4.69, 9.17) is 9.47 Å². The number of amides is 2. The van der Waals surface area contributed by atoms with Gasteiger partial charge in [0, 0.05) is 10.1 Å². The minimum absolute atomic E-state index is 0.273. The predicted molar refractivity (Wildman–Crippen MR) is 105 cm³/mol. The van der Waals surface area contributed by atoms with Crippen LogP contribution in [-0.2, 0) is 14.3 Å². The van der Waals surface area contributed by atoms with Crippen LogP contribution in [0.4, 0.5) is 10.5 Å². The molecule has 1 aliphatic heterocycles. The molecule has 0 aromatic heterocycles. The number of rotatable bonds is 3. The Balaban J connectivity index is 2.17. The summed E-state index contributed by atoms with van der Waals surface area (Å²) in [5.41, 5.74) is 0.00220. The number of carbonyl (C=O) groups is 3. The third-order valence-corrected chi connectivity index (χ3v) is 4.50. The number of likely N-dealkylation sites (tertiary alicyclic amines) is 1. The minimum atomic E-state index is -0.630. The normalized spacial score (nSPS) is 17.0. The topological polar surface area (TPSA) is 84.9 Å². The van der Waals surface area contributed by atoms with Crippen molar-refractivity contribution in [2.75, 3.05) is 19.0 Å². The molecule has 7 nitrogen and oxygen atoms in total. The van der Waals surface area contributed by atoms with Crippen LogP contribution in [0, 0.1) is 3.57 Å². The zero-order valence-electron chi connectivity index (χ0n) is 15.3. The summed E-state index contributed by atoms with van der Waals surface area (Å²) in [6.07, 6.45) is 0.752. The van der Waals surface area contributed by atoms with Gasteiger partial charge in [0.2, 0.25) is 5.91 Å². The molecule has 1 atom stereocenters. The maximum Gasteiger partial charge on any atom is 0.410 e. The number of anilines is 1. The molecule has 0 radical (unpaired) electrons. The van der Waals surface area contributed by atoms with Gasteiger partial charge in [0.05, 0.1) is 18.4 Å². The number of nitrogens with zero attached hydrogens (tertiary/aromatic N) is 1. The predicted octanol–water partition coefficient (Wildman–Crippen LogP) is 3.42. The van der Waals surface area contributed by atoms with Crippen LogP contribution < -0.4 is 5.32 Å². The van der Waals surface area contributed by atoms with E-state index in [-0.39, 0.29) is 11.5 Å². The van der Waals surface area contributed by atoms with Crippen molar-refractivity contribution in [1.82, 2.24) is 4.90 Å². The average Bonchev–Trinajstić information content (AvgIpc) is 3.04. The molecular weight excluding hydrogens is 451 g/mol. The first kappa shape index (κ1) is 20.5. The van der Waals surface area contributed by atoms with Crippen molar-refractivity contribution < 1.29 is 23.9 Å². The Morgan fingerprint density at radius 2 is 1.96 bits per heavy atom. The first-order valence-electron chi connectivity index (χ1n) is 8.30. The lowest BCUT2D eigenvalue weighted by Crippen LogP contribution is -2.45. The van der Waals surface area contributed by atoms with Gasteiger partial charge < -0.3 is 14.8 Å². The standard InChI is InChI=1S/C18H23IN2O5/c1-18(2,3)26-17(24)21-9-5-6-14(21)15(22)20-13-8-7-11(19)10-12(13)16(23)25-4/h7-8,10,14H,5-6,9H2,1-4H3,(H,20,22)/t14-/m1/s1. The van der Waals surface area contributed by atoms with Gasteiger partial charge in [-0.15, -0.1) is 0 Å². The molecule has 8 heteroatoms. The highest BCUT2D eigenvalue weighted by atomic mass is 127. The molecule has 1 saturated heterocycles. The molecule has 0 bridgehead atoms. The number of nitrogens with one attached hydrogen (secondary N) is 1. The van der Waals surface area contributed by atoms with Gasteiger partial charge in [-0.05, 0) is 74.4 Å². The van der Waals surface area contributed by atoms with Gasteiger partial charge in [-0.3, -0.25) is 9.69 Å². The van der Waals surface area contributed by atoms with Crippen LogP contribution in [0.25, 0.3) is 0 Å². The average molecular weight is 474 g/mol. The van der Waals surface area contributed by atoms with Gasteiger partial charge in [-0.25, -0.2) is 9.59 Å². The Kier molecular flexibility index (Phi) is 6.48. The van der Waals surface area contributed by atoms with Crippen molar-refractivity contribution in [2.45, 2.75) is 45.3 Å². The van der Waals surface area contributed by atoms with E-state index in [9.17, 15) is 14.4 Å². The zero-order chi connectivity index (χ0) is 19.5. The van der Waals surface area contributed by atoms with E-state index in [2.05, 4.69) is 27.9 Å². The van der Waals surface area contributed by atoms with Crippen molar-refractivity contribution in [3.63, 3.8) is 0 Å². The quantitative estimate of drug-likeness (QED) is 0.536. The maximum absolute atomic E-state index is 12.7. The number of esters is 1. The van der Waals surface area contributed by atoms with Crippen LogP contribution in [-0.4, -0.2) is 48.2 Å². The molecule has 1 aromatic rings. The fraction of sp³-hybridized carbons (Fsp3) is 0.500. The monoisotopic (exact) mass is 474 g/mol. The highest BCUT2D eigenvalue weighted by Crippen LogP contribution is 2.24. The summed E-state index contributed by atoms with van der Waals surface area (Å²) < 4.78 is 11.0. The maximum atomic E-state index is 12.7. The summed E-state index contributed by atoms with van der Waals surface area (Å²) in [5.74, 6) is -0.881. The number of hydrogen-bond acceptors (Lipinski definition) is 5. The first-order chi connectivity index (χ1) is 12.1. The van der Waals surface area contributed by atoms with Crippen LogP contribution >= 0.6 is 22.6 Å². The van der Waals surface area contributed by atoms with Gasteiger partial charge in [-0.1, -0.05) is 0 Å². The molecule has 2 amide bonds. The summed E-state index contributed by atoms with van der Waals surface area (Å²) in [5, 5.41) is 2.75. The second kappa shape index (κ2) is 8.24. The smallest absolute Gasteiger partial charge is 0.410 e. The second-order valence-electron chi connectivity index (χ2n) is 7.00. The van der Waals surface area contributed by atoms with Crippen LogP contribution in [0.5, 0.6) is 0 Å². The molecule has 1 N–H and O–H groups in total. The number of carbonyl (C=O) groups excluding carboxylic acids is 3. The highest BCUT2D eigenvalue weighted by molar-refractivity contribution is 14.1. The van der Waals surface area contributed by atoms with Gasteiger partial charge in [0.15, 0.2) is 0 Å². The van der Waals surface area contributed by atoms with E-state index in [1.165, 1.54) is 12.0 Å². The number of halogens is 1. The van der Waals surface area contributed by atoms with Crippen molar-refractivity contribution in [3.8, 4) is 0 Å². The van der Waals surface area contributed by atoms with E-state index >= 15 is 0 Å². The van der Waals surface area contributed by atoms with Crippen LogP contribution in [0.3, 0.4) is 0 Å². The van der Waals surface area contributed by atoms with E-state index < -0.39 is 23.7 Å². The molecule has 1 aliphatic rings. The Morgan fingerprint density at radius 1 is 1.27 bits per heavy atom. The molecule has 1 heterocycles. The van der Waals surface area contributed by atoms with Crippen LogP contribution in [0.1, 0.15) is 44.0 Å². The lowest BCUT2D eigenvalue weighted by Gasteiger charge is -2.28. The molecule has 0 aliphatic carbocycles. The number of benzene rings is 1. The summed E-state index contributed by atoms with van der Waals surface area (Å²) >= 11 is 2.08. The van der Waals surface area contributed by atoms with Gasteiger partial charge in [0.1, 0.15) is 11.6 Å². The molecule has 142 valence electrons. The first-order valence-corrected chi connectivity index (χ1v) is 9.38. The molecule has 2 rings (SSSR count). The van der Waals surface area contributed by atoms with E-state index in [0.717, 1.165) is 3.57 Å². The summed E-state index contributed by atoms with van der Waals surface area (Å²) in [4.78, 5) is 38.5. The van der Waals surface area contributed by atoms with Gasteiger partial charge in [-0.2, -0.15) is 0 Å². The van der Waals surface area contributed by atoms with E-state index in [0.29, 0.717) is 25.1 Å². The summed E-state index contributed by atoms with van der Waals surface area (Å²) in [7, 11) is 1.29. The fourth-order valence-corrected chi connectivity index (χ4v) is 3.19. The number of ether oxygens (including phenoxy) is 2. The van der Waals surface area contributed by atoms with Crippen molar-refractivity contribution in [2.24, 2.45) is 0 Å². The Morgan fingerprint density at radius 3 is 2.58 bits per heavy atom. The van der Waals surface area contributed by atoms with E-state index in [1.54, 1.807) is 39.0 Å². The largest absolute Gasteiger partial charge is 0.465 e. The molecule has 26 heavy (non-hydrogen) atoms. The van der Waals surface area contributed by atoms with Gasteiger partial charge >= 0.3 is 12.1 Å². The van der Waals surface area contributed by atoms with Crippen LogP contribution in [0.15, 0.2) is 18.2 Å². The lowest BCUT2D eigenvalue weighted by atomic mass is 10.1. The Bertz CT molecular complexity index is 714. The third-order valence-electron chi connectivity index (χ3n) is 3.83. The van der Waals surface area contributed by atoms with Gasteiger partial charge in [0.25, 0.3) is 0 Å². The molecule has 0 unspecified atom stereocenters. The molecule has 1 aromatic carbocycles. The highest BCUT2D eigenvalue weighted by Gasteiger charge is 2.37. The van der Waals surface area contributed by atoms with Crippen molar-refractivity contribution in [3.05, 3.63) is 27.3 Å². The molecule has 0 saturated carbocycles. The molecular formula is C18H23IN2O5. The molecule has 0 spiro atoms. The summed E-state index contributed by atoms with van der Waals surface area (Å²) in [6.45, 7) is 5.81. The van der Waals surface area contributed by atoms with E-state index in [1.807, 2.05) is 0 Å². The Hall–Kier alpha value is -1.84. The third kappa shape index (κ3) is 5.09. The van der Waals surface area contributed by atoms with Crippen molar-refractivity contribution in [1.29, 1.82) is 0 Å².